The van der Waals surface area contributed by atoms with Gasteiger partial charge in [-0.05, 0) is 31.4 Å². The van der Waals surface area contributed by atoms with Crippen LogP contribution in [0, 0.1) is 6.92 Å². The number of nitrogens with zero attached hydrogens (tertiary/aromatic N) is 1. The maximum absolute atomic E-state index is 12.4. The minimum atomic E-state index is -3.53. The smallest absolute Gasteiger partial charge is 0.239 e. The van der Waals surface area contributed by atoms with Gasteiger partial charge in [-0.1, -0.05) is 11.6 Å². The summed E-state index contributed by atoms with van der Waals surface area (Å²) in [6, 6.07) is 3.29. The van der Waals surface area contributed by atoms with E-state index < -0.39 is 15.9 Å². The lowest BCUT2D eigenvalue weighted by atomic mass is 10.2. The average molecular weight is 391 g/mol. The highest BCUT2D eigenvalue weighted by Crippen LogP contribution is 2.31. The van der Waals surface area contributed by atoms with Crippen molar-refractivity contribution in [2.75, 3.05) is 38.4 Å². The van der Waals surface area contributed by atoms with E-state index in [2.05, 4.69) is 5.32 Å². The van der Waals surface area contributed by atoms with Crippen LogP contribution >= 0.6 is 11.6 Å². The first-order valence-electron chi connectivity index (χ1n) is 7.91. The van der Waals surface area contributed by atoms with Crippen LogP contribution in [0.5, 0.6) is 5.75 Å². The molecule has 2 rings (SSSR count). The zero-order valence-corrected chi connectivity index (χ0v) is 16.1. The fourth-order valence-electron chi connectivity index (χ4n) is 2.61. The van der Waals surface area contributed by atoms with E-state index >= 15 is 0 Å². The molecule has 0 bridgehead atoms. The van der Waals surface area contributed by atoms with Crippen LogP contribution in [-0.4, -0.2) is 57.8 Å². The van der Waals surface area contributed by atoms with Crippen molar-refractivity contribution < 1.29 is 22.7 Å². The van der Waals surface area contributed by atoms with E-state index in [1.165, 1.54) is 7.11 Å². The Hall–Kier alpha value is -1.35. The number of amides is 1. The topological polar surface area (TPSA) is 84.9 Å². The van der Waals surface area contributed by atoms with Gasteiger partial charge in [-0.2, -0.15) is 4.31 Å². The summed E-state index contributed by atoms with van der Waals surface area (Å²) in [7, 11) is -2.06. The molecule has 1 atom stereocenters. The van der Waals surface area contributed by atoms with E-state index in [9.17, 15) is 13.2 Å². The predicted octanol–water partition coefficient (Wildman–Crippen LogP) is 2.04. The second kappa shape index (κ2) is 8.35. The van der Waals surface area contributed by atoms with Gasteiger partial charge in [0.15, 0.2) is 0 Å². The fraction of sp³-hybridized carbons (Fsp3) is 0.562. The van der Waals surface area contributed by atoms with Crippen LogP contribution in [0.25, 0.3) is 0 Å². The highest BCUT2D eigenvalue weighted by atomic mass is 35.5. The molecule has 1 heterocycles. The number of methoxy groups -OCH3 is 1. The van der Waals surface area contributed by atoms with Gasteiger partial charge >= 0.3 is 0 Å². The number of carbonyl (C=O) groups is 1. The molecule has 0 aromatic heterocycles. The van der Waals surface area contributed by atoms with Gasteiger partial charge in [0.1, 0.15) is 5.75 Å². The van der Waals surface area contributed by atoms with Gasteiger partial charge in [0, 0.05) is 24.2 Å². The first-order chi connectivity index (χ1) is 11.7. The molecule has 7 nitrogen and oxygen atoms in total. The molecule has 1 fully saturated rings. The van der Waals surface area contributed by atoms with Crippen molar-refractivity contribution in [2.24, 2.45) is 0 Å². The quantitative estimate of drug-likeness (QED) is 0.770. The van der Waals surface area contributed by atoms with E-state index in [0.29, 0.717) is 23.1 Å². The standard InChI is InChI=1S/C16H23ClN2O5S/c1-11-7-14(15(23-2)8-13(11)17)18-16(20)10-19(25(3,21)22)9-12-5-4-6-24-12/h7-8,12H,4-6,9-10H2,1-3H3,(H,18,20). The summed E-state index contributed by atoms with van der Waals surface area (Å²) in [4.78, 5) is 12.4. The third-order valence-corrected chi connectivity index (χ3v) is 5.60. The number of rotatable bonds is 7. The first kappa shape index (κ1) is 20.0. The van der Waals surface area contributed by atoms with Crippen molar-refractivity contribution in [1.82, 2.24) is 4.31 Å². The Kier molecular flexibility index (Phi) is 6.67. The highest BCUT2D eigenvalue weighted by Gasteiger charge is 2.26. The van der Waals surface area contributed by atoms with Crippen LogP contribution in [0.3, 0.4) is 0 Å². The molecule has 1 N–H and O–H groups in total. The Balaban J connectivity index is 2.09. The van der Waals surface area contributed by atoms with Crippen molar-refractivity contribution in [2.45, 2.75) is 25.9 Å². The molecule has 1 aliphatic rings. The molecular formula is C16H23ClN2O5S. The summed E-state index contributed by atoms with van der Waals surface area (Å²) < 4.78 is 35.8. The Labute approximate surface area is 153 Å². The van der Waals surface area contributed by atoms with Gasteiger partial charge in [0.25, 0.3) is 0 Å². The van der Waals surface area contributed by atoms with Crippen LogP contribution in [0.1, 0.15) is 18.4 Å². The summed E-state index contributed by atoms with van der Waals surface area (Å²) in [6.45, 7) is 2.31. The van der Waals surface area contributed by atoms with Crippen LogP contribution in [-0.2, 0) is 19.6 Å². The maximum Gasteiger partial charge on any atom is 0.239 e. The van der Waals surface area contributed by atoms with Crippen LogP contribution in [0.4, 0.5) is 5.69 Å². The Morgan fingerprint density at radius 1 is 1.48 bits per heavy atom. The molecule has 9 heteroatoms. The number of benzene rings is 1. The second-order valence-electron chi connectivity index (χ2n) is 6.04. The van der Waals surface area contributed by atoms with Gasteiger partial charge in [0.2, 0.25) is 15.9 Å². The number of ether oxygens (including phenoxy) is 2. The van der Waals surface area contributed by atoms with Gasteiger partial charge in [-0.15, -0.1) is 0 Å². The predicted molar refractivity (Wildman–Crippen MR) is 96.8 cm³/mol. The van der Waals surface area contributed by atoms with Gasteiger partial charge in [-0.25, -0.2) is 8.42 Å². The minimum Gasteiger partial charge on any atom is -0.495 e. The first-order valence-corrected chi connectivity index (χ1v) is 10.1. The molecule has 1 aromatic carbocycles. The molecule has 1 saturated heterocycles. The lowest BCUT2D eigenvalue weighted by Gasteiger charge is -2.22. The molecule has 0 radical (unpaired) electrons. The summed E-state index contributed by atoms with van der Waals surface area (Å²) in [6.07, 6.45) is 2.60. The summed E-state index contributed by atoms with van der Waals surface area (Å²) in [5.41, 5.74) is 1.22. The second-order valence-corrected chi connectivity index (χ2v) is 8.43. The SMILES string of the molecule is COc1cc(Cl)c(C)cc1NC(=O)CN(CC1CCCO1)S(C)(=O)=O. The van der Waals surface area contributed by atoms with Crippen molar-refractivity contribution in [3.05, 3.63) is 22.7 Å². The van der Waals surface area contributed by atoms with Gasteiger partial charge in [0.05, 0.1) is 31.7 Å². The third-order valence-electron chi connectivity index (χ3n) is 3.98. The molecule has 1 unspecified atom stereocenters. The molecule has 1 aromatic rings. The van der Waals surface area contributed by atoms with Gasteiger partial charge in [-0.3, -0.25) is 4.79 Å². The molecule has 0 spiro atoms. The Bertz CT molecular complexity index is 732. The Morgan fingerprint density at radius 2 is 2.20 bits per heavy atom. The van der Waals surface area contributed by atoms with Crippen LogP contribution < -0.4 is 10.1 Å². The number of hydrogen-bond donors (Lipinski definition) is 1. The number of carbonyl (C=O) groups excluding carboxylic acids is 1. The van der Waals surface area contributed by atoms with E-state index in [-0.39, 0.29) is 19.2 Å². The molecule has 0 aliphatic carbocycles. The zero-order chi connectivity index (χ0) is 18.6. The fourth-order valence-corrected chi connectivity index (χ4v) is 3.55. The van der Waals surface area contributed by atoms with E-state index in [1.54, 1.807) is 19.1 Å². The van der Waals surface area contributed by atoms with Crippen molar-refractivity contribution in [3.8, 4) is 5.75 Å². The third kappa shape index (κ3) is 5.57. The molecule has 0 saturated carbocycles. The largest absolute Gasteiger partial charge is 0.495 e. The number of hydrogen-bond acceptors (Lipinski definition) is 5. The lowest BCUT2D eigenvalue weighted by Crippen LogP contribution is -2.41. The summed E-state index contributed by atoms with van der Waals surface area (Å²) in [5.74, 6) is -0.0440. The van der Waals surface area contributed by atoms with Crippen molar-refractivity contribution in [3.63, 3.8) is 0 Å². The number of aryl methyl sites for hydroxylation is 1. The zero-order valence-electron chi connectivity index (χ0n) is 14.5. The van der Waals surface area contributed by atoms with Crippen LogP contribution in [0.15, 0.2) is 12.1 Å². The van der Waals surface area contributed by atoms with Gasteiger partial charge < -0.3 is 14.8 Å². The van der Waals surface area contributed by atoms with E-state index in [4.69, 9.17) is 21.1 Å². The maximum atomic E-state index is 12.4. The Morgan fingerprint density at radius 3 is 2.76 bits per heavy atom. The van der Waals surface area contributed by atoms with E-state index in [0.717, 1.165) is 29.0 Å². The number of anilines is 1. The molecule has 1 aliphatic heterocycles. The van der Waals surface area contributed by atoms with Crippen LogP contribution in [0.2, 0.25) is 5.02 Å². The van der Waals surface area contributed by atoms with Crippen molar-refractivity contribution >= 4 is 33.2 Å². The molecule has 25 heavy (non-hydrogen) atoms. The number of sulfonamides is 1. The summed E-state index contributed by atoms with van der Waals surface area (Å²) in [5, 5.41) is 3.21. The number of halogens is 1. The minimum absolute atomic E-state index is 0.170. The molecule has 140 valence electrons. The lowest BCUT2D eigenvalue weighted by molar-refractivity contribution is -0.116. The normalized spacial score (nSPS) is 17.7. The molecule has 1 amide bonds. The molecular weight excluding hydrogens is 368 g/mol. The monoisotopic (exact) mass is 390 g/mol. The average Bonchev–Trinajstić information content (AvgIpc) is 3.02. The van der Waals surface area contributed by atoms with E-state index in [1.807, 2.05) is 0 Å². The highest BCUT2D eigenvalue weighted by molar-refractivity contribution is 7.88. The van der Waals surface area contributed by atoms with Crippen molar-refractivity contribution in [1.29, 1.82) is 0 Å². The number of nitrogens with one attached hydrogen (secondary N) is 1. The summed E-state index contributed by atoms with van der Waals surface area (Å²) >= 11 is 6.05.